The third kappa shape index (κ3) is 4.17. The van der Waals surface area contributed by atoms with E-state index in [1.807, 2.05) is 0 Å². The maximum atomic E-state index is 10.8. The molecule has 1 rings (SSSR count). The molecule has 1 aliphatic heterocycles. The highest BCUT2D eigenvalue weighted by Crippen LogP contribution is 2.23. The van der Waals surface area contributed by atoms with Gasteiger partial charge in [-0.15, -0.1) is 0 Å². The summed E-state index contributed by atoms with van der Waals surface area (Å²) in [4.78, 5) is 10.6. The molecule has 0 aromatic carbocycles. The summed E-state index contributed by atoms with van der Waals surface area (Å²) < 4.78 is 21.1. The fourth-order valence-electron chi connectivity index (χ4n) is 1.94. The van der Waals surface area contributed by atoms with Crippen LogP contribution in [0.1, 0.15) is 25.7 Å². The lowest BCUT2D eigenvalue weighted by molar-refractivity contribution is -0.118. The van der Waals surface area contributed by atoms with Gasteiger partial charge in [0.05, 0.1) is 6.10 Å². The van der Waals surface area contributed by atoms with Crippen molar-refractivity contribution in [1.29, 1.82) is 0 Å². The Kier molecular flexibility index (Phi) is 5.33. The molecule has 7 heteroatoms. The average Bonchev–Trinajstić information content (AvgIpc) is 2.26. The molecular weight excluding hydrogens is 232 g/mol. The van der Waals surface area contributed by atoms with Crippen molar-refractivity contribution < 1.29 is 18.7 Å². The molecule has 1 amide bonds. The highest BCUT2D eigenvalue weighted by atomic mass is 32.2. The van der Waals surface area contributed by atoms with Crippen molar-refractivity contribution >= 4 is 17.2 Å². The molecule has 0 radical (unpaired) electrons. The molecule has 0 aromatic rings. The van der Waals surface area contributed by atoms with Crippen molar-refractivity contribution in [3.05, 3.63) is 0 Å². The number of amides is 1. The first-order valence-corrected chi connectivity index (χ1v) is 6.39. The molecular formula is C9H18N2O4S. The number of primary amides is 1. The molecule has 2 atom stereocenters. The number of hydrogen-bond donors (Lipinski definition) is 3. The predicted octanol–water partition coefficient (Wildman–Crippen LogP) is -0.539. The number of nitrogens with two attached hydrogens (primary N) is 1. The highest BCUT2D eigenvalue weighted by Gasteiger charge is 2.27. The Hall–Kier alpha value is -0.500. The Labute approximate surface area is 97.2 Å². The second kappa shape index (κ2) is 6.29. The average molecular weight is 250 g/mol. The van der Waals surface area contributed by atoms with Crippen LogP contribution < -0.4 is 5.73 Å². The summed E-state index contributed by atoms with van der Waals surface area (Å²) in [6, 6.07) is 0. The van der Waals surface area contributed by atoms with Gasteiger partial charge in [-0.1, -0.05) is 0 Å². The van der Waals surface area contributed by atoms with Crippen molar-refractivity contribution in [2.45, 2.75) is 31.8 Å². The zero-order valence-electron chi connectivity index (χ0n) is 9.04. The lowest BCUT2D eigenvalue weighted by Crippen LogP contribution is -2.38. The van der Waals surface area contributed by atoms with Gasteiger partial charge >= 0.3 is 0 Å². The maximum Gasteiger partial charge on any atom is 0.234 e. The molecule has 1 aliphatic rings. The van der Waals surface area contributed by atoms with Crippen molar-refractivity contribution in [2.75, 3.05) is 13.1 Å². The van der Waals surface area contributed by atoms with E-state index >= 15 is 0 Å². The topological polar surface area (TPSA) is 104 Å². The fourth-order valence-corrected chi connectivity index (χ4v) is 2.47. The maximum absolute atomic E-state index is 10.8. The fraction of sp³-hybridized carbons (Fsp3) is 0.889. The Morgan fingerprint density at radius 2 is 2.06 bits per heavy atom. The van der Waals surface area contributed by atoms with Gasteiger partial charge in [-0.05, 0) is 25.2 Å². The van der Waals surface area contributed by atoms with Gasteiger partial charge in [0.2, 0.25) is 17.2 Å². The van der Waals surface area contributed by atoms with E-state index in [0.717, 1.165) is 0 Å². The number of carbonyl (C=O) groups is 1. The van der Waals surface area contributed by atoms with Crippen LogP contribution in [0, 0.1) is 5.92 Å². The number of rotatable bonds is 5. The molecule has 2 unspecified atom stereocenters. The van der Waals surface area contributed by atoms with Gasteiger partial charge in [-0.3, -0.25) is 9.35 Å². The Morgan fingerprint density at radius 1 is 1.50 bits per heavy atom. The molecule has 16 heavy (non-hydrogen) atoms. The monoisotopic (exact) mass is 250 g/mol. The summed E-state index contributed by atoms with van der Waals surface area (Å²) in [7, 11) is 0. The normalized spacial score (nSPS) is 22.9. The van der Waals surface area contributed by atoms with Gasteiger partial charge in [0, 0.05) is 19.5 Å². The van der Waals surface area contributed by atoms with Gasteiger partial charge in [0.25, 0.3) is 0 Å². The quantitative estimate of drug-likeness (QED) is 0.570. The SMILES string of the molecule is NC(=O)CCC(O)C1CCN(S(=O)O)CC1. The minimum absolute atomic E-state index is 0.0964. The third-order valence-corrected chi connectivity index (χ3v) is 3.76. The van der Waals surface area contributed by atoms with Gasteiger partial charge in [-0.25, -0.2) is 8.51 Å². The number of hydrogen-bond acceptors (Lipinski definition) is 3. The molecule has 0 bridgehead atoms. The van der Waals surface area contributed by atoms with Crippen molar-refractivity contribution in [3.63, 3.8) is 0 Å². The van der Waals surface area contributed by atoms with Crippen LogP contribution >= 0.6 is 0 Å². The van der Waals surface area contributed by atoms with Crippen LogP contribution in [-0.2, 0) is 16.1 Å². The van der Waals surface area contributed by atoms with Gasteiger partial charge in [0.1, 0.15) is 0 Å². The van der Waals surface area contributed by atoms with E-state index in [2.05, 4.69) is 0 Å². The number of aliphatic hydroxyl groups excluding tert-OH is 1. The van der Waals surface area contributed by atoms with Crippen LogP contribution in [-0.4, -0.2) is 43.3 Å². The number of piperidine rings is 1. The largest absolute Gasteiger partial charge is 0.393 e. The zero-order chi connectivity index (χ0) is 12.1. The van der Waals surface area contributed by atoms with Gasteiger partial charge in [0.15, 0.2) is 0 Å². The van der Waals surface area contributed by atoms with Gasteiger partial charge < -0.3 is 10.8 Å². The summed E-state index contributed by atoms with van der Waals surface area (Å²) in [6.45, 7) is 1.00. The van der Waals surface area contributed by atoms with Gasteiger partial charge in [-0.2, -0.15) is 0 Å². The van der Waals surface area contributed by atoms with Crippen molar-refractivity contribution in [3.8, 4) is 0 Å². The number of aliphatic hydroxyl groups is 1. The number of nitrogens with zero attached hydrogens (tertiary/aromatic N) is 1. The lowest BCUT2D eigenvalue weighted by atomic mass is 9.90. The van der Waals surface area contributed by atoms with Crippen LogP contribution in [0.3, 0.4) is 0 Å². The van der Waals surface area contributed by atoms with Crippen LogP contribution in [0.2, 0.25) is 0 Å². The first-order valence-electron chi connectivity index (χ1n) is 5.33. The summed E-state index contributed by atoms with van der Waals surface area (Å²) in [6.07, 6.45) is 1.37. The first kappa shape index (κ1) is 13.6. The predicted molar refractivity (Wildman–Crippen MR) is 59.5 cm³/mol. The smallest absolute Gasteiger partial charge is 0.234 e. The third-order valence-electron chi connectivity index (χ3n) is 2.95. The molecule has 4 N–H and O–H groups in total. The Bertz CT molecular complexity index is 266. The first-order chi connectivity index (χ1) is 7.50. The minimum atomic E-state index is -1.91. The molecule has 0 spiro atoms. The highest BCUT2D eigenvalue weighted by molar-refractivity contribution is 7.76. The van der Waals surface area contributed by atoms with Crippen LogP contribution in [0.4, 0.5) is 0 Å². The molecule has 94 valence electrons. The molecule has 0 saturated carbocycles. The minimum Gasteiger partial charge on any atom is -0.393 e. The van der Waals surface area contributed by atoms with Crippen molar-refractivity contribution in [2.24, 2.45) is 11.7 Å². The molecule has 1 heterocycles. The zero-order valence-corrected chi connectivity index (χ0v) is 9.86. The summed E-state index contributed by atoms with van der Waals surface area (Å²) in [5.74, 6) is -0.313. The van der Waals surface area contributed by atoms with E-state index in [0.29, 0.717) is 32.4 Å². The Balaban J connectivity index is 2.30. The Morgan fingerprint density at radius 3 is 2.50 bits per heavy atom. The second-order valence-electron chi connectivity index (χ2n) is 4.07. The molecule has 6 nitrogen and oxygen atoms in total. The molecule has 0 aliphatic carbocycles. The summed E-state index contributed by atoms with van der Waals surface area (Å²) >= 11 is -1.91. The summed E-state index contributed by atoms with van der Waals surface area (Å²) in [5.41, 5.74) is 5.00. The van der Waals surface area contributed by atoms with E-state index in [-0.39, 0.29) is 12.3 Å². The van der Waals surface area contributed by atoms with E-state index < -0.39 is 23.3 Å². The van der Waals surface area contributed by atoms with E-state index in [4.69, 9.17) is 10.3 Å². The molecule has 0 aromatic heterocycles. The van der Waals surface area contributed by atoms with Crippen LogP contribution in [0.5, 0.6) is 0 Å². The molecule has 1 fully saturated rings. The molecule has 1 saturated heterocycles. The summed E-state index contributed by atoms with van der Waals surface area (Å²) in [5, 5.41) is 9.78. The van der Waals surface area contributed by atoms with Crippen LogP contribution in [0.25, 0.3) is 0 Å². The van der Waals surface area contributed by atoms with Crippen molar-refractivity contribution in [1.82, 2.24) is 4.31 Å². The van der Waals surface area contributed by atoms with Crippen LogP contribution in [0.15, 0.2) is 0 Å². The number of carbonyl (C=O) groups excluding carboxylic acids is 1. The van der Waals surface area contributed by atoms with E-state index in [1.165, 1.54) is 4.31 Å². The van der Waals surface area contributed by atoms with E-state index in [9.17, 15) is 14.1 Å². The lowest BCUT2D eigenvalue weighted by Gasteiger charge is -2.31. The van der Waals surface area contributed by atoms with E-state index in [1.54, 1.807) is 0 Å². The second-order valence-corrected chi connectivity index (χ2v) is 5.05. The standard InChI is InChI=1S/C9H18N2O4S/c10-9(13)2-1-8(12)7-3-5-11(6-4-7)16(14)15/h7-8,12H,1-6H2,(H2,10,13)(H,14,15).